The van der Waals surface area contributed by atoms with Crippen molar-refractivity contribution in [2.75, 3.05) is 13.2 Å². The molecule has 1 atom stereocenters. The maximum Gasteiger partial charge on any atom is 0.416 e. The first-order chi connectivity index (χ1) is 12.7. The molecule has 0 bridgehead atoms. The highest BCUT2D eigenvalue weighted by atomic mass is 19.4. The molecule has 7 heteroatoms. The van der Waals surface area contributed by atoms with Gasteiger partial charge in [-0.25, -0.2) is 0 Å². The minimum Gasteiger partial charge on any atom is -0.485 e. The molecule has 144 valence electrons. The summed E-state index contributed by atoms with van der Waals surface area (Å²) in [5.74, 6) is 0.691. The monoisotopic (exact) mass is 379 g/mol. The Bertz CT molecular complexity index is 833. The minimum absolute atomic E-state index is 0.0762. The first-order valence-corrected chi connectivity index (χ1v) is 8.51. The van der Waals surface area contributed by atoms with Gasteiger partial charge in [-0.2, -0.15) is 13.2 Å². The van der Waals surface area contributed by atoms with Crippen molar-refractivity contribution in [3.8, 4) is 11.5 Å². The van der Waals surface area contributed by atoms with Gasteiger partial charge in [0.15, 0.2) is 11.5 Å². The van der Waals surface area contributed by atoms with E-state index in [-0.39, 0.29) is 19.1 Å². The molecule has 1 N–H and O–H groups in total. The minimum atomic E-state index is -4.41. The molecule has 0 aromatic heterocycles. The quantitative estimate of drug-likeness (QED) is 0.875. The van der Waals surface area contributed by atoms with Crippen molar-refractivity contribution in [3.05, 3.63) is 59.7 Å². The number of carbonyl (C=O) groups is 1. The average Bonchev–Trinajstić information content (AvgIpc) is 2.65. The third kappa shape index (κ3) is 4.35. The zero-order valence-electron chi connectivity index (χ0n) is 15.0. The summed E-state index contributed by atoms with van der Waals surface area (Å²) in [6, 6.07) is 12.2. The maximum atomic E-state index is 12.9. The van der Waals surface area contributed by atoms with E-state index in [4.69, 9.17) is 9.47 Å². The van der Waals surface area contributed by atoms with Crippen molar-refractivity contribution in [3.63, 3.8) is 0 Å². The smallest absolute Gasteiger partial charge is 0.416 e. The van der Waals surface area contributed by atoms with Crippen LogP contribution >= 0.6 is 0 Å². The lowest BCUT2D eigenvalue weighted by molar-refractivity contribution is -0.137. The average molecular weight is 379 g/mol. The van der Waals surface area contributed by atoms with Gasteiger partial charge in [-0.15, -0.1) is 0 Å². The second-order valence-electron chi connectivity index (χ2n) is 7.04. The first-order valence-electron chi connectivity index (χ1n) is 8.51. The van der Waals surface area contributed by atoms with E-state index in [1.807, 2.05) is 0 Å². The topological polar surface area (TPSA) is 47.6 Å². The van der Waals surface area contributed by atoms with Gasteiger partial charge in [0.25, 0.3) is 5.91 Å². The molecule has 27 heavy (non-hydrogen) atoms. The number of hydrogen-bond donors (Lipinski definition) is 1. The molecule has 2 aromatic rings. The largest absolute Gasteiger partial charge is 0.485 e. The van der Waals surface area contributed by atoms with Gasteiger partial charge in [-0.3, -0.25) is 4.79 Å². The number of para-hydroxylation sites is 2. The van der Waals surface area contributed by atoms with E-state index >= 15 is 0 Å². The first kappa shape index (κ1) is 19.1. The standard InChI is InChI=1S/C20H20F3NO3/c1-19(2,13-6-5-7-14(10-13)20(21,22)23)12-24-18(25)17-11-26-15-8-3-4-9-16(15)27-17/h3-10,17H,11-12H2,1-2H3,(H,24,25). The van der Waals surface area contributed by atoms with E-state index in [9.17, 15) is 18.0 Å². The lowest BCUT2D eigenvalue weighted by atomic mass is 9.83. The van der Waals surface area contributed by atoms with Crippen LogP contribution in [0, 0.1) is 0 Å². The molecule has 0 radical (unpaired) electrons. The fourth-order valence-corrected chi connectivity index (χ4v) is 2.79. The van der Waals surface area contributed by atoms with Crippen molar-refractivity contribution in [2.24, 2.45) is 0 Å². The van der Waals surface area contributed by atoms with E-state index < -0.39 is 23.3 Å². The van der Waals surface area contributed by atoms with E-state index in [1.54, 1.807) is 44.2 Å². The summed E-state index contributed by atoms with van der Waals surface area (Å²) in [5.41, 5.74) is -0.909. The Kier molecular flexibility index (Phi) is 5.04. The van der Waals surface area contributed by atoms with Gasteiger partial charge in [-0.1, -0.05) is 44.2 Å². The molecule has 0 saturated carbocycles. The van der Waals surface area contributed by atoms with Gasteiger partial charge in [0.1, 0.15) is 6.61 Å². The van der Waals surface area contributed by atoms with Crippen LogP contribution in [0.4, 0.5) is 13.2 Å². The summed E-state index contributed by atoms with van der Waals surface area (Å²) in [7, 11) is 0. The summed E-state index contributed by atoms with van der Waals surface area (Å²) in [6.07, 6.45) is -5.21. The number of carbonyl (C=O) groups excluding carboxylic acids is 1. The van der Waals surface area contributed by atoms with Crippen LogP contribution in [-0.4, -0.2) is 25.2 Å². The molecule has 1 heterocycles. The van der Waals surface area contributed by atoms with Gasteiger partial charge >= 0.3 is 6.18 Å². The Labute approximate surface area is 155 Å². The Morgan fingerprint density at radius 2 is 1.74 bits per heavy atom. The van der Waals surface area contributed by atoms with Crippen molar-refractivity contribution in [2.45, 2.75) is 31.5 Å². The van der Waals surface area contributed by atoms with Crippen molar-refractivity contribution in [1.29, 1.82) is 0 Å². The molecule has 0 spiro atoms. The Balaban J connectivity index is 1.65. The van der Waals surface area contributed by atoms with Gasteiger partial charge in [-0.05, 0) is 23.8 Å². The van der Waals surface area contributed by atoms with E-state index in [0.717, 1.165) is 12.1 Å². The number of alkyl halides is 3. The highest BCUT2D eigenvalue weighted by Crippen LogP contribution is 2.33. The number of ether oxygens (including phenoxy) is 2. The molecule has 1 unspecified atom stereocenters. The number of nitrogens with one attached hydrogen (secondary N) is 1. The number of fused-ring (bicyclic) bond motifs is 1. The number of amides is 1. The van der Waals surface area contributed by atoms with Crippen LogP contribution in [0.2, 0.25) is 0 Å². The lowest BCUT2D eigenvalue weighted by Gasteiger charge is -2.29. The third-order valence-electron chi connectivity index (χ3n) is 4.48. The molecule has 0 aliphatic carbocycles. The van der Waals surface area contributed by atoms with Crippen LogP contribution in [0.15, 0.2) is 48.5 Å². The van der Waals surface area contributed by atoms with Crippen LogP contribution in [-0.2, 0) is 16.4 Å². The molecular formula is C20H20F3NO3. The molecule has 0 fully saturated rings. The number of halogens is 3. The molecule has 1 aliphatic heterocycles. The normalized spacial score (nSPS) is 16.7. The predicted molar refractivity (Wildman–Crippen MR) is 93.8 cm³/mol. The van der Waals surface area contributed by atoms with E-state index in [2.05, 4.69) is 5.32 Å². The zero-order valence-corrected chi connectivity index (χ0v) is 15.0. The summed E-state index contributed by atoms with van der Waals surface area (Å²) in [5, 5.41) is 2.75. The Morgan fingerprint density at radius 1 is 1.07 bits per heavy atom. The van der Waals surface area contributed by atoms with Crippen molar-refractivity contribution >= 4 is 5.91 Å². The lowest BCUT2D eigenvalue weighted by Crippen LogP contribution is -2.47. The van der Waals surface area contributed by atoms with E-state index in [1.165, 1.54) is 6.07 Å². The highest BCUT2D eigenvalue weighted by molar-refractivity contribution is 5.81. The highest BCUT2D eigenvalue weighted by Gasteiger charge is 2.33. The number of rotatable bonds is 4. The summed E-state index contributed by atoms with van der Waals surface area (Å²) >= 11 is 0. The van der Waals surface area contributed by atoms with Gasteiger partial charge < -0.3 is 14.8 Å². The molecule has 1 aliphatic rings. The Morgan fingerprint density at radius 3 is 2.44 bits per heavy atom. The number of benzene rings is 2. The third-order valence-corrected chi connectivity index (χ3v) is 4.48. The van der Waals surface area contributed by atoms with E-state index in [0.29, 0.717) is 17.1 Å². The second kappa shape index (κ2) is 7.13. The molecule has 1 amide bonds. The fourth-order valence-electron chi connectivity index (χ4n) is 2.79. The van der Waals surface area contributed by atoms with Crippen LogP contribution in [0.5, 0.6) is 11.5 Å². The summed E-state index contributed by atoms with van der Waals surface area (Å²) in [4.78, 5) is 12.4. The second-order valence-corrected chi connectivity index (χ2v) is 7.04. The fraction of sp³-hybridized carbons (Fsp3) is 0.350. The van der Waals surface area contributed by atoms with Crippen LogP contribution in [0.3, 0.4) is 0 Å². The molecule has 2 aromatic carbocycles. The molecule has 3 rings (SSSR count). The maximum absolute atomic E-state index is 12.9. The SMILES string of the molecule is CC(C)(CNC(=O)C1COc2ccccc2O1)c1cccc(C(F)(F)F)c1. The van der Waals surface area contributed by atoms with Crippen molar-refractivity contribution < 1.29 is 27.4 Å². The zero-order chi connectivity index (χ0) is 19.7. The molecular weight excluding hydrogens is 359 g/mol. The predicted octanol–water partition coefficient (Wildman–Crippen LogP) is 3.94. The molecule has 0 saturated heterocycles. The summed E-state index contributed by atoms with van der Waals surface area (Å²) in [6.45, 7) is 3.79. The van der Waals surface area contributed by atoms with Crippen LogP contribution < -0.4 is 14.8 Å². The van der Waals surface area contributed by atoms with Gasteiger partial charge in [0, 0.05) is 12.0 Å². The molecule has 4 nitrogen and oxygen atoms in total. The van der Waals surface area contributed by atoms with Crippen LogP contribution in [0.1, 0.15) is 25.0 Å². The van der Waals surface area contributed by atoms with Crippen LogP contribution in [0.25, 0.3) is 0 Å². The van der Waals surface area contributed by atoms with Crippen molar-refractivity contribution in [1.82, 2.24) is 5.32 Å². The van der Waals surface area contributed by atoms with Gasteiger partial charge in [0.2, 0.25) is 6.10 Å². The number of hydrogen-bond acceptors (Lipinski definition) is 3. The summed E-state index contributed by atoms with van der Waals surface area (Å²) < 4.78 is 50.0. The van der Waals surface area contributed by atoms with Gasteiger partial charge in [0.05, 0.1) is 5.56 Å². The Hall–Kier alpha value is -2.70.